The third kappa shape index (κ3) is 3.55. The number of aromatic nitrogens is 1. The molecule has 0 aliphatic carbocycles. The second-order valence-corrected chi connectivity index (χ2v) is 3.79. The molecule has 5 nitrogen and oxygen atoms in total. The van der Waals surface area contributed by atoms with Crippen LogP contribution >= 0.6 is 0 Å². The molecule has 0 spiro atoms. The van der Waals surface area contributed by atoms with Crippen molar-refractivity contribution in [3.8, 4) is 0 Å². The fourth-order valence-electron chi connectivity index (χ4n) is 1.70. The Hall–Kier alpha value is -1.91. The molecule has 1 aromatic heterocycles. The predicted octanol–water partition coefficient (Wildman–Crippen LogP) is 1.80. The number of pyridine rings is 1. The van der Waals surface area contributed by atoms with Crippen molar-refractivity contribution < 1.29 is 14.7 Å². The third-order valence-corrected chi connectivity index (χ3v) is 2.56. The number of nitrogens with one attached hydrogen (secondary N) is 1. The zero-order valence-corrected chi connectivity index (χ0v) is 9.88. The summed E-state index contributed by atoms with van der Waals surface area (Å²) < 4.78 is 0. The van der Waals surface area contributed by atoms with Crippen LogP contribution in [0.4, 0.5) is 4.79 Å². The van der Waals surface area contributed by atoms with Crippen molar-refractivity contribution in [2.75, 3.05) is 0 Å². The van der Waals surface area contributed by atoms with E-state index in [1.54, 1.807) is 25.3 Å². The van der Waals surface area contributed by atoms with Gasteiger partial charge in [-0.1, -0.05) is 13.0 Å². The monoisotopic (exact) mass is 236 g/mol. The Morgan fingerprint density at radius 3 is 2.65 bits per heavy atom. The minimum Gasteiger partial charge on any atom is -0.465 e. The molecule has 0 radical (unpaired) electrons. The number of nitrogens with zero attached hydrogens (tertiary/aromatic N) is 1. The van der Waals surface area contributed by atoms with Crippen LogP contribution < -0.4 is 5.32 Å². The van der Waals surface area contributed by atoms with Crippen LogP contribution in [-0.4, -0.2) is 28.0 Å². The second-order valence-electron chi connectivity index (χ2n) is 3.79. The predicted molar refractivity (Wildman–Crippen MR) is 62.9 cm³/mol. The molecule has 0 saturated heterocycles. The maximum absolute atomic E-state index is 12.0. The standard InChI is InChI=1S/C12H16N2O3/c1-3-9(10-6-4-5-7-13-10)11(15)8(2)14-12(16)17/h4-9,14H,3H2,1-2H3,(H,16,17). The molecule has 1 heterocycles. The van der Waals surface area contributed by atoms with E-state index < -0.39 is 12.1 Å². The Labute approximate surface area is 99.9 Å². The molecule has 2 atom stereocenters. The minimum atomic E-state index is -1.19. The van der Waals surface area contributed by atoms with E-state index in [0.29, 0.717) is 12.1 Å². The van der Waals surface area contributed by atoms with E-state index in [1.807, 2.05) is 13.0 Å². The van der Waals surface area contributed by atoms with Crippen LogP contribution in [0.1, 0.15) is 31.9 Å². The van der Waals surface area contributed by atoms with Crippen molar-refractivity contribution in [3.63, 3.8) is 0 Å². The van der Waals surface area contributed by atoms with Gasteiger partial charge in [0.1, 0.15) is 0 Å². The first-order valence-electron chi connectivity index (χ1n) is 5.50. The van der Waals surface area contributed by atoms with Crippen LogP contribution in [0.25, 0.3) is 0 Å². The highest BCUT2D eigenvalue weighted by Crippen LogP contribution is 2.19. The first-order valence-corrected chi connectivity index (χ1v) is 5.50. The van der Waals surface area contributed by atoms with Crippen molar-refractivity contribution in [3.05, 3.63) is 30.1 Å². The molecule has 2 N–H and O–H groups in total. The second kappa shape index (κ2) is 5.98. The van der Waals surface area contributed by atoms with Crippen molar-refractivity contribution in [2.45, 2.75) is 32.2 Å². The zero-order chi connectivity index (χ0) is 12.8. The lowest BCUT2D eigenvalue weighted by Gasteiger charge is -2.17. The Bertz CT molecular complexity index is 392. The van der Waals surface area contributed by atoms with Gasteiger partial charge in [-0.15, -0.1) is 0 Å². The van der Waals surface area contributed by atoms with Gasteiger partial charge in [-0.25, -0.2) is 4.79 Å². The molecule has 0 aromatic carbocycles. The molecule has 0 aliphatic heterocycles. The van der Waals surface area contributed by atoms with Crippen molar-refractivity contribution in [1.29, 1.82) is 0 Å². The molecule has 92 valence electrons. The van der Waals surface area contributed by atoms with Crippen LogP contribution in [0.3, 0.4) is 0 Å². The van der Waals surface area contributed by atoms with Crippen molar-refractivity contribution in [2.24, 2.45) is 0 Å². The minimum absolute atomic E-state index is 0.159. The number of carbonyl (C=O) groups excluding carboxylic acids is 1. The smallest absolute Gasteiger partial charge is 0.405 e. The number of ketones is 1. The average Bonchev–Trinajstić information content (AvgIpc) is 2.30. The Morgan fingerprint density at radius 1 is 1.47 bits per heavy atom. The lowest BCUT2D eigenvalue weighted by molar-refractivity contribution is -0.122. The van der Waals surface area contributed by atoms with Crippen molar-refractivity contribution >= 4 is 11.9 Å². The maximum atomic E-state index is 12.0. The molecule has 5 heteroatoms. The van der Waals surface area contributed by atoms with Crippen LogP contribution in [0.2, 0.25) is 0 Å². The third-order valence-electron chi connectivity index (χ3n) is 2.56. The van der Waals surface area contributed by atoms with E-state index in [4.69, 9.17) is 5.11 Å². The molecular formula is C12H16N2O3. The number of Topliss-reactive ketones (excluding diaryl/α,β-unsaturated/α-hetero) is 1. The van der Waals surface area contributed by atoms with Crippen LogP contribution in [0.15, 0.2) is 24.4 Å². The first-order chi connectivity index (χ1) is 8.06. The normalized spacial score (nSPS) is 13.8. The lowest BCUT2D eigenvalue weighted by atomic mass is 9.92. The van der Waals surface area contributed by atoms with E-state index in [0.717, 1.165) is 0 Å². The van der Waals surface area contributed by atoms with Crippen LogP contribution in [-0.2, 0) is 4.79 Å². The summed E-state index contributed by atoms with van der Waals surface area (Å²) in [6, 6.07) is 4.65. The van der Waals surface area contributed by atoms with Gasteiger partial charge < -0.3 is 10.4 Å². The number of carboxylic acid groups (broad SMARTS) is 1. The molecule has 0 bridgehead atoms. The Kier molecular flexibility index (Phi) is 4.63. The van der Waals surface area contributed by atoms with Gasteiger partial charge in [0, 0.05) is 6.20 Å². The van der Waals surface area contributed by atoms with Gasteiger partial charge in [0.15, 0.2) is 5.78 Å². The van der Waals surface area contributed by atoms with E-state index in [1.165, 1.54) is 0 Å². The van der Waals surface area contributed by atoms with E-state index in [2.05, 4.69) is 10.3 Å². The van der Waals surface area contributed by atoms with Gasteiger partial charge in [0.2, 0.25) is 0 Å². The summed E-state index contributed by atoms with van der Waals surface area (Å²) in [5.74, 6) is -0.522. The van der Waals surface area contributed by atoms with E-state index in [9.17, 15) is 9.59 Å². The molecule has 1 aromatic rings. The summed E-state index contributed by atoms with van der Waals surface area (Å²) in [4.78, 5) is 26.7. The summed E-state index contributed by atoms with van der Waals surface area (Å²) in [7, 11) is 0. The molecule has 1 rings (SSSR count). The SMILES string of the molecule is CCC(C(=O)C(C)NC(=O)O)c1ccccn1. The molecule has 0 saturated carbocycles. The number of hydrogen-bond acceptors (Lipinski definition) is 3. The molecule has 0 aliphatic rings. The summed E-state index contributed by atoms with van der Waals surface area (Å²) in [5, 5.41) is 10.7. The Balaban J connectivity index is 2.81. The number of hydrogen-bond donors (Lipinski definition) is 2. The van der Waals surface area contributed by atoms with Crippen LogP contribution in [0.5, 0.6) is 0 Å². The van der Waals surface area contributed by atoms with Gasteiger partial charge in [-0.05, 0) is 25.5 Å². The highest BCUT2D eigenvalue weighted by atomic mass is 16.4. The average molecular weight is 236 g/mol. The fourth-order valence-corrected chi connectivity index (χ4v) is 1.70. The first kappa shape index (κ1) is 13.2. The van der Waals surface area contributed by atoms with Gasteiger partial charge in [0.25, 0.3) is 0 Å². The lowest BCUT2D eigenvalue weighted by Crippen LogP contribution is -2.40. The van der Waals surface area contributed by atoms with Crippen LogP contribution in [0, 0.1) is 0 Å². The van der Waals surface area contributed by atoms with Gasteiger partial charge in [-0.3, -0.25) is 9.78 Å². The maximum Gasteiger partial charge on any atom is 0.405 e. The molecule has 0 fully saturated rings. The number of carbonyl (C=O) groups is 2. The summed E-state index contributed by atoms with van der Waals surface area (Å²) in [5.41, 5.74) is 0.680. The zero-order valence-electron chi connectivity index (χ0n) is 9.88. The Morgan fingerprint density at radius 2 is 2.18 bits per heavy atom. The molecular weight excluding hydrogens is 220 g/mol. The largest absolute Gasteiger partial charge is 0.465 e. The van der Waals surface area contributed by atoms with Gasteiger partial charge in [0.05, 0.1) is 17.7 Å². The highest BCUT2D eigenvalue weighted by molar-refractivity contribution is 5.91. The summed E-state index contributed by atoms with van der Waals surface area (Å²) in [6.07, 6.45) is 1.03. The molecule has 1 amide bonds. The topological polar surface area (TPSA) is 79.3 Å². The molecule has 17 heavy (non-hydrogen) atoms. The quantitative estimate of drug-likeness (QED) is 0.817. The fraction of sp³-hybridized carbons (Fsp3) is 0.417. The van der Waals surface area contributed by atoms with Gasteiger partial charge >= 0.3 is 6.09 Å². The number of amides is 1. The summed E-state index contributed by atoms with van der Waals surface area (Å²) in [6.45, 7) is 3.42. The summed E-state index contributed by atoms with van der Waals surface area (Å²) >= 11 is 0. The van der Waals surface area contributed by atoms with E-state index >= 15 is 0 Å². The highest BCUT2D eigenvalue weighted by Gasteiger charge is 2.25. The van der Waals surface area contributed by atoms with Crippen molar-refractivity contribution in [1.82, 2.24) is 10.3 Å². The van der Waals surface area contributed by atoms with E-state index in [-0.39, 0.29) is 11.7 Å². The van der Waals surface area contributed by atoms with Gasteiger partial charge in [-0.2, -0.15) is 0 Å². The molecule has 2 unspecified atom stereocenters. The number of rotatable bonds is 5.